The van der Waals surface area contributed by atoms with Gasteiger partial charge in [-0.15, -0.1) is 0 Å². The standard InChI is InChI=1S/C15H16ClF3N4O/c1-10-6-12(21-24-10)9-22-2-4-23(5-3-22)14-13(16)7-11(8-20-14)15(17,18)19/h6-8H,2-5,9H2,1H3/p+2. The van der Waals surface area contributed by atoms with E-state index in [0.717, 1.165) is 43.4 Å². The van der Waals surface area contributed by atoms with Gasteiger partial charge in [-0.25, -0.2) is 9.88 Å². The van der Waals surface area contributed by atoms with Gasteiger partial charge in [-0.1, -0.05) is 16.8 Å². The zero-order valence-corrected chi connectivity index (χ0v) is 13.8. The maximum atomic E-state index is 12.7. The van der Waals surface area contributed by atoms with Gasteiger partial charge in [0.05, 0.1) is 5.56 Å². The second-order valence-corrected chi connectivity index (χ2v) is 6.33. The number of aromatic amines is 1. The number of piperazine rings is 1. The zero-order valence-electron chi connectivity index (χ0n) is 13.1. The van der Waals surface area contributed by atoms with E-state index in [9.17, 15) is 13.2 Å². The molecule has 1 fully saturated rings. The third-order valence-electron chi connectivity index (χ3n) is 4.09. The van der Waals surface area contributed by atoms with Crippen molar-refractivity contribution in [3.8, 4) is 0 Å². The van der Waals surface area contributed by atoms with Crippen LogP contribution in [0.25, 0.3) is 0 Å². The van der Waals surface area contributed by atoms with Crippen molar-refractivity contribution >= 4 is 17.4 Å². The fourth-order valence-corrected chi connectivity index (χ4v) is 3.14. The lowest BCUT2D eigenvalue weighted by Gasteiger charge is -2.28. The van der Waals surface area contributed by atoms with E-state index < -0.39 is 11.7 Å². The number of hydrogen-bond donors (Lipinski definition) is 1. The largest absolute Gasteiger partial charge is 0.419 e. The van der Waals surface area contributed by atoms with Gasteiger partial charge in [-0.2, -0.15) is 13.2 Å². The monoisotopic (exact) mass is 362 g/mol. The van der Waals surface area contributed by atoms with Crippen LogP contribution in [0, 0.1) is 6.92 Å². The molecule has 3 heterocycles. The molecule has 1 aliphatic heterocycles. The number of anilines is 1. The molecule has 0 amide bonds. The molecule has 2 aromatic heterocycles. The predicted octanol–water partition coefficient (Wildman–Crippen LogP) is 1.37. The molecule has 1 aliphatic rings. The molecular formula is C15H18ClF3N4O+2. The topological polar surface area (TPSA) is 47.9 Å². The van der Waals surface area contributed by atoms with Gasteiger partial charge < -0.3 is 9.42 Å². The van der Waals surface area contributed by atoms with Crippen LogP contribution in [-0.4, -0.2) is 31.3 Å². The minimum atomic E-state index is -4.41. The van der Waals surface area contributed by atoms with Gasteiger partial charge in [-0.3, -0.25) is 0 Å². The highest BCUT2D eigenvalue weighted by atomic mass is 35.5. The Bertz CT molecular complexity index is 711. The Kier molecular flexibility index (Phi) is 4.69. The SMILES string of the molecule is Cc1cc(C[NH+]2CCN(c3[nH+]cc(C(F)(F)F)cc3Cl)CC2)no1. The fraction of sp³-hybridized carbons (Fsp3) is 0.467. The van der Waals surface area contributed by atoms with Crippen molar-refractivity contribution in [3.63, 3.8) is 0 Å². The molecule has 3 rings (SSSR count). The number of quaternary nitrogens is 1. The summed E-state index contributed by atoms with van der Waals surface area (Å²) in [5.41, 5.74) is 0.136. The van der Waals surface area contributed by atoms with E-state index >= 15 is 0 Å². The summed E-state index contributed by atoms with van der Waals surface area (Å²) in [5, 5.41) is 4.07. The summed E-state index contributed by atoms with van der Waals surface area (Å²) in [6.45, 7) is 5.72. The molecule has 0 unspecified atom stereocenters. The van der Waals surface area contributed by atoms with Crippen LogP contribution >= 0.6 is 11.6 Å². The van der Waals surface area contributed by atoms with Crippen LogP contribution in [0.1, 0.15) is 17.0 Å². The van der Waals surface area contributed by atoms with Gasteiger partial charge >= 0.3 is 6.18 Å². The minimum absolute atomic E-state index is 0.0837. The van der Waals surface area contributed by atoms with Crippen molar-refractivity contribution in [2.75, 3.05) is 31.1 Å². The van der Waals surface area contributed by atoms with Crippen molar-refractivity contribution in [2.24, 2.45) is 0 Å². The molecule has 1 saturated heterocycles. The summed E-state index contributed by atoms with van der Waals surface area (Å²) in [5.74, 6) is 1.31. The third kappa shape index (κ3) is 3.81. The van der Waals surface area contributed by atoms with E-state index in [1.165, 1.54) is 4.90 Å². The second-order valence-electron chi connectivity index (χ2n) is 5.93. The van der Waals surface area contributed by atoms with Crippen LogP contribution in [0.2, 0.25) is 5.02 Å². The minimum Gasteiger partial charge on any atom is -0.361 e. The van der Waals surface area contributed by atoms with E-state index in [0.29, 0.717) is 18.9 Å². The number of H-pyrrole nitrogens is 1. The number of nitrogens with zero attached hydrogens (tertiary/aromatic N) is 2. The molecule has 0 aromatic carbocycles. The number of halogens is 4. The van der Waals surface area contributed by atoms with Crippen molar-refractivity contribution in [1.29, 1.82) is 0 Å². The molecule has 24 heavy (non-hydrogen) atoms. The van der Waals surface area contributed by atoms with Gasteiger partial charge in [0.2, 0.25) is 0 Å². The summed E-state index contributed by atoms with van der Waals surface area (Å²) < 4.78 is 43.1. The van der Waals surface area contributed by atoms with E-state index in [1.807, 2.05) is 17.9 Å². The first kappa shape index (κ1) is 17.0. The first-order valence-electron chi connectivity index (χ1n) is 7.62. The normalized spacial score (nSPS) is 16.6. The van der Waals surface area contributed by atoms with Crippen molar-refractivity contribution in [3.05, 3.63) is 40.4 Å². The Morgan fingerprint density at radius 1 is 1.33 bits per heavy atom. The summed E-state index contributed by atoms with van der Waals surface area (Å²) in [7, 11) is 0. The molecule has 130 valence electrons. The number of hydrogen-bond acceptors (Lipinski definition) is 3. The van der Waals surface area contributed by atoms with Crippen molar-refractivity contribution in [2.45, 2.75) is 19.6 Å². The van der Waals surface area contributed by atoms with Gasteiger partial charge in [-0.05, 0) is 13.0 Å². The number of aryl methyl sites for hydroxylation is 1. The lowest BCUT2D eigenvalue weighted by atomic mass is 10.2. The lowest BCUT2D eigenvalue weighted by molar-refractivity contribution is -0.914. The fourth-order valence-electron chi connectivity index (χ4n) is 2.85. The molecule has 0 spiro atoms. The van der Waals surface area contributed by atoms with Gasteiger partial charge in [0.1, 0.15) is 55.4 Å². The average Bonchev–Trinajstić information content (AvgIpc) is 2.92. The van der Waals surface area contributed by atoms with Crippen molar-refractivity contribution < 1.29 is 27.6 Å². The van der Waals surface area contributed by atoms with E-state index in [-0.39, 0.29) is 5.02 Å². The van der Waals surface area contributed by atoms with Crippen LogP contribution < -0.4 is 14.8 Å². The smallest absolute Gasteiger partial charge is 0.361 e. The Morgan fingerprint density at radius 2 is 2.04 bits per heavy atom. The molecule has 0 atom stereocenters. The molecule has 5 nitrogen and oxygen atoms in total. The van der Waals surface area contributed by atoms with E-state index in [2.05, 4.69) is 10.1 Å². The maximum absolute atomic E-state index is 12.7. The highest BCUT2D eigenvalue weighted by Crippen LogP contribution is 2.31. The predicted molar refractivity (Wildman–Crippen MR) is 80.9 cm³/mol. The molecule has 0 bridgehead atoms. The Labute approximate surface area is 142 Å². The zero-order chi connectivity index (χ0) is 17.3. The Balaban J connectivity index is 1.62. The number of aromatic nitrogens is 2. The van der Waals surface area contributed by atoms with Crippen LogP contribution in [-0.2, 0) is 12.7 Å². The molecule has 2 N–H and O–H groups in total. The maximum Gasteiger partial charge on any atom is 0.419 e. The lowest BCUT2D eigenvalue weighted by Crippen LogP contribution is -3.13. The average molecular weight is 363 g/mol. The van der Waals surface area contributed by atoms with Gasteiger partial charge in [0.15, 0.2) is 0 Å². The first-order chi connectivity index (χ1) is 11.3. The number of alkyl halides is 3. The molecule has 0 aliphatic carbocycles. The number of rotatable bonds is 3. The second kappa shape index (κ2) is 6.60. The summed E-state index contributed by atoms with van der Waals surface area (Å²) >= 11 is 6.04. The molecule has 0 saturated carbocycles. The summed E-state index contributed by atoms with van der Waals surface area (Å²) in [4.78, 5) is 6.01. The third-order valence-corrected chi connectivity index (χ3v) is 4.38. The molecular weight excluding hydrogens is 345 g/mol. The highest BCUT2D eigenvalue weighted by Gasteiger charge is 2.35. The first-order valence-corrected chi connectivity index (χ1v) is 8.00. The Hall–Kier alpha value is -1.80. The van der Waals surface area contributed by atoms with E-state index in [4.69, 9.17) is 16.1 Å². The number of nitrogens with one attached hydrogen (secondary N) is 2. The van der Waals surface area contributed by atoms with E-state index in [1.54, 1.807) is 0 Å². The quantitative estimate of drug-likeness (QED) is 0.897. The van der Waals surface area contributed by atoms with Gasteiger partial charge in [0.25, 0.3) is 5.82 Å². The van der Waals surface area contributed by atoms with Crippen LogP contribution in [0.4, 0.5) is 19.0 Å². The molecule has 9 heteroatoms. The van der Waals surface area contributed by atoms with Crippen molar-refractivity contribution in [1.82, 2.24) is 5.16 Å². The summed E-state index contributed by atoms with van der Waals surface area (Å²) in [6, 6.07) is 2.88. The molecule has 0 radical (unpaired) electrons. The number of pyridine rings is 1. The van der Waals surface area contributed by atoms with Gasteiger partial charge in [0, 0.05) is 6.07 Å². The van der Waals surface area contributed by atoms with Crippen LogP contribution in [0.3, 0.4) is 0 Å². The Morgan fingerprint density at radius 3 is 2.58 bits per heavy atom. The van der Waals surface area contributed by atoms with Crippen LogP contribution in [0.5, 0.6) is 0 Å². The highest BCUT2D eigenvalue weighted by molar-refractivity contribution is 6.32. The molecule has 2 aromatic rings. The van der Waals surface area contributed by atoms with Crippen LogP contribution in [0.15, 0.2) is 22.9 Å². The summed E-state index contributed by atoms with van der Waals surface area (Å²) in [6.07, 6.45) is -3.45.